The number of benzene rings is 3. The van der Waals surface area contributed by atoms with Crippen LogP contribution in [0.5, 0.6) is 0 Å². The summed E-state index contributed by atoms with van der Waals surface area (Å²) in [5, 5.41) is 19.7. The molecule has 0 radical (unpaired) electrons. The third-order valence-electron chi connectivity index (χ3n) is 7.83. The molecule has 11 heteroatoms. The zero-order valence-corrected chi connectivity index (χ0v) is 24.7. The Morgan fingerprint density at radius 1 is 0.667 bits per heavy atom. The van der Waals surface area contributed by atoms with E-state index in [1.54, 1.807) is 30.5 Å². The maximum absolute atomic E-state index is 13.6. The number of carbonyl (C=O) groups excluding carboxylic acids is 3. The number of hydrogen-bond donors (Lipinski definition) is 7. The van der Waals surface area contributed by atoms with Crippen LogP contribution in [-0.4, -0.2) is 62.9 Å². The minimum Gasteiger partial charge on any atom is -0.480 e. The smallest absolute Gasteiger partial charge is 0.326 e. The molecule has 0 fully saturated rings. The molecule has 4 unspecified atom stereocenters. The third kappa shape index (κ3) is 7.57. The minimum atomic E-state index is -1.22. The summed E-state index contributed by atoms with van der Waals surface area (Å²) in [5.74, 6) is -2.99. The van der Waals surface area contributed by atoms with Crippen LogP contribution in [0.15, 0.2) is 91.3 Å². The van der Waals surface area contributed by atoms with Crippen molar-refractivity contribution in [2.45, 2.75) is 50.4 Å². The number of carbonyl (C=O) groups is 4. The molecule has 2 aromatic heterocycles. The van der Waals surface area contributed by atoms with Gasteiger partial charge in [-0.3, -0.25) is 14.4 Å². The predicted octanol–water partition coefficient (Wildman–Crippen LogP) is 2.56. The van der Waals surface area contributed by atoms with Crippen molar-refractivity contribution in [1.29, 1.82) is 0 Å². The van der Waals surface area contributed by atoms with E-state index in [1.165, 1.54) is 6.92 Å². The van der Waals surface area contributed by atoms with E-state index in [2.05, 4.69) is 25.9 Å². The number of nitrogens with two attached hydrogens (primary N) is 1. The summed E-state index contributed by atoms with van der Waals surface area (Å²) >= 11 is 0. The molecule has 0 aliphatic heterocycles. The van der Waals surface area contributed by atoms with Crippen molar-refractivity contribution in [1.82, 2.24) is 25.9 Å². The van der Waals surface area contributed by atoms with E-state index in [-0.39, 0.29) is 19.3 Å². The highest BCUT2D eigenvalue weighted by Crippen LogP contribution is 2.20. The maximum atomic E-state index is 13.6. The lowest BCUT2D eigenvalue weighted by atomic mass is 10.0. The number of carboxylic acids is 1. The van der Waals surface area contributed by atoms with Crippen LogP contribution in [0.4, 0.5) is 0 Å². The summed E-state index contributed by atoms with van der Waals surface area (Å²) in [5.41, 5.74) is 10.4. The van der Waals surface area contributed by atoms with E-state index >= 15 is 0 Å². The molecule has 11 nitrogen and oxygen atoms in total. The molecule has 3 amide bonds. The van der Waals surface area contributed by atoms with Gasteiger partial charge in [-0.25, -0.2) is 4.79 Å². The molecular weight excluding hydrogens is 572 g/mol. The molecule has 0 saturated carbocycles. The number of aromatic amines is 2. The van der Waals surface area contributed by atoms with Gasteiger partial charge < -0.3 is 36.8 Å². The van der Waals surface area contributed by atoms with Crippen molar-refractivity contribution in [2.24, 2.45) is 5.73 Å². The lowest BCUT2D eigenvalue weighted by Crippen LogP contribution is -2.57. The quantitative estimate of drug-likeness (QED) is 0.108. The molecule has 5 rings (SSSR count). The Morgan fingerprint density at radius 2 is 1.20 bits per heavy atom. The fraction of sp³-hybridized carbons (Fsp3) is 0.235. The van der Waals surface area contributed by atoms with Crippen LogP contribution < -0.4 is 21.7 Å². The summed E-state index contributed by atoms with van der Waals surface area (Å²) in [6, 6.07) is 19.9. The molecule has 232 valence electrons. The van der Waals surface area contributed by atoms with Gasteiger partial charge in [-0.15, -0.1) is 0 Å². The molecule has 2 heterocycles. The van der Waals surface area contributed by atoms with Crippen LogP contribution in [0.25, 0.3) is 21.8 Å². The second-order valence-corrected chi connectivity index (χ2v) is 11.1. The van der Waals surface area contributed by atoms with E-state index in [1.807, 2.05) is 60.8 Å². The van der Waals surface area contributed by atoms with Crippen molar-refractivity contribution in [3.05, 3.63) is 108 Å². The first-order valence-corrected chi connectivity index (χ1v) is 14.7. The Bertz CT molecular complexity index is 1810. The topological polar surface area (TPSA) is 182 Å². The molecule has 0 saturated heterocycles. The van der Waals surface area contributed by atoms with Gasteiger partial charge in [-0.1, -0.05) is 66.7 Å². The molecule has 0 aliphatic carbocycles. The lowest BCUT2D eigenvalue weighted by molar-refractivity contribution is -0.142. The number of aromatic nitrogens is 2. The molecule has 0 aliphatic rings. The maximum Gasteiger partial charge on any atom is 0.326 e. The summed E-state index contributed by atoms with van der Waals surface area (Å²) in [6.07, 6.45) is 3.97. The molecule has 5 aromatic rings. The molecule has 45 heavy (non-hydrogen) atoms. The predicted molar refractivity (Wildman–Crippen MR) is 171 cm³/mol. The van der Waals surface area contributed by atoms with Crippen LogP contribution in [-0.2, 0) is 38.4 Å². The van der Waals surface area contributed by atoms with Gasteiger partial charge in [0, 0.05) is 47.0 Å². The second-order valence-electron chi connectivity index (χ2n) is 11.1. The Labute approximate surface area is 259 Å². The van der Waals surface area contributed by atoms with Gasteiger partial charge in [-0.05, 0) is 42.2 Å². The van der Waals surface area contributed by atoms with Gasteiger partial charge in [0.25, 0.3) is 0 Å². The number of carboxylic acid groups (broad SMARTS) is 1. The number of hydrogen-bond acceptors (Lipinski definition) is 5. The highest BCUT2D eigenvalue weighted by Gasteiger charge is 2.30. The Balaban J connectivity index is 1.28. The van der Waals surface area contributed by atoms with Gasteiger partial charge in [0.2, 0.25) is 17.7 Å². The zero-order chi connectivity index (χ0) is 31.9. The Hall–Kier alpha value is -5.42. The summed E-state index contributed by atoms with van der Waals surface area (Å²) < 4.78 is 0. The number of aliphatic carboxylic acids is 1. The number of fused-ring (bicyclic) bond motifs is 2. The van der Waals surface area contributed by atoms with Crippen molar-refractivity contribution in [3.8, 4) is 0 Å². The molecule has 8 N–H and O–H groups in total. The van der Waals surface area contributed by atoms with Gasteiger partial charge in [0.15, 0.2) is 0 Å². The highest BCUT2D eigenvalue weighted by molar-refractivity contribution is 5.95. The van der Waals surface area contributed by atoms with Crippen molar-refractivity contribution in [3.63, 3.8) is 0 Å². The fourth-order valence-electron chi connectivity index (χ4n) is 5.36. The third-order valence-corrected chi connectivity index (χ3v) is 7.83. The number of nitrogens with one attached hydrogen (secondary N) is 5. The second kappa shape index (κ2) is 13.9. The van der Waals surface area contributed by atoms with E-state index < -0.39 is 47.9 Å². The lowest BCUT2D eigenvalue weighted by Gasteiger charge is -2.24. The van der Waals surface area contributed by atoms with E-state index in [4.69, 9.17) is 5.73 Å². The molecule has 4 atom stereocenters. The Kier molecular flexibility index (Phi) is 9.59. The van der Waals surface area contributed by atoms with E-state index in [0.717, 1.165) is 38.5 Å². The van der Waals surface area contributed by atoms with Crippen molar-refractivity contribution in [2.75, 3.05) is 0 Å². The minimum absolute atomic E-state index is 0.0659. The van der Waals surface area contributed by atoms with E-state index in [9.17, 15) is 24.3 Å². The van der Waals surface area contributed by atoms with Crippen LogP contribution >= 0.6 is 0 Å². The standard InChI is InChI=1S/C34H36N6O5/c1-20(38-32(42)26(35)16-22-18-36-27-13-7-5-11-24(22)27)31(41)39-29(17-23-19-37-28-14-8-6-12-25(23)28)33(43)40-30(34(44)45)15-21-9-3-2-4-10-21/h2-14,18-20,26,29-30,36-37H,15-17,35H2,1H3,(H,38,42)(H,39,41)(H,40,43)(H,44,45). The summed E-state index contributed by atoms with van der Waals surface area (Å²) in [7, 11) is 0. The summed E-state index contributed by atoms with van der Waals surface area (Å²) in [4.78, 5) is 58.3. The monoisotopic (exact) mass is 608 g/mol. The number of rotatable bonds is 13. The first kappa shape index (κ1) is 31.0. The van der Waals surface area contributed by atoms with Crippen molar-refractivity contribution < 1.29 is 24.3 Å². The van der Waals surface area contributed by atoms with Crippen molar-refractivity contribution >= 4 is 45.5 Å². The first-order valence-electron chi connectivity index (χ1n) is 14.7. The highest BCUT2D eigenvalue weighted by atomic mass is 16.4. The van der Waals surface area contributed by atoms with Crippen LogP contribution in [0.3, 0.4) is 0 Å². The number of H-pyrrole nitrogens is 2. The van der Waals surface area contributed by atoms with Crippen LogP contribution in [0.1, 0.15) is 23.6 Å². The van der Waals surface area contributed by atoms with Gasteiger partial charge in [0.05, 0.1) is 6.04 Å². The average Bonchev–Trinajstić information content (AvgIpc) is 3.64. The van der Waals surface area contributed by atoms with Gasteiger partial charge in [0.1, 0.15) is 18.1 Å². The fourth-order valence-corrected chi connectivity index (χ4v) is 5.36. The summed E-state index contributed by atoms with van der Waals surface area (Å²) in [6.45, 7) is 1.50. The van der Waals surface area contributed by atoms with Gasteiger partial charge >= 0.3 is 5.97 Å². The average molecular weight is 609 g/mol. The first-order chi connectivity index (χ1) is 21.7. The number of para-hydroxylation sites is 2. The van der Waals surface area contributed by atoms with Crippen LogP contribution in [0.2, 0.25) is 0 Å². The largest absolute Gasteiger partial charge is 0.480 e. The van der Waals surface area contributed by atoms with Crippen LogP contribution in [0, 0.1) is 0 Å². The molecule has 0 bridgehead atoms. The zero-order valence-electron chi connectivity index (χ0n) is 24.7. The SMILES string of the molecule is CC(NC(=O)C(N)Cc1c[nH]c2ccccc12)C(=O)NC(Cc1c[nH]c2ccccc12)C(=O)NC(Cc1ccccc1)C(=O)O. The number of amides is 3. The Morgan fingerprint density at radius 3 is 1.80 bits per heavy atom. The van der Waals surface area contributed by atoms with Gasteiger partial charge in [-0.2, -0.15) is 0 Å². The molecular formula is C34H36N6O5. The molecule has 3 aromatic carbocycles. The normalized spacial score (nSPS) is 13.9. The molecule has 0 spiro atoms. The van der Waals surface area contributed by atoms with E-state index in [0.29, 0.717) is 0 Å².